The number of nitrogens with zero attached hydrogens (tertiary/aromatic N) is 3. The first-order valence-electron chi connectivity index (χ1n) is 8.11. The third kappa shape index (κ3) is 5.05. The van der Waals surface area contributed by atoms with E-state index in [0.717, 1.165) is 44.2 Å². The first kappa shape index (κ1) is 17.4. The van der Waals surface area contributed by atoms with Crippen LogP contribution in [0.4, 0.5) is 0 Å². The van der Waals surface area contributed by atoms with Crippen LogP contribution in [0.1, 0.15) is 30.9 Å². The van der Waals surface area contributed by atoms with Crippen molar-refractivity contribution in [2.75, 3.05) is 39.3 Å². The summed E-state index contributed by atoms with van der Waals surface area (Å²) in [6, 6.07) is 0. The second kappa shape index (κ2) is 8.06. The molecule has 2 rings (SSSR count). The molecule has 1 aromatic rings. The second-order valence-electron chi connectivity index (χ2n) is 6.42. The van der Waals surface area contributed by atoms with E-state index in [4.69, 9.17) is 9.26 Å². The van der Waals surface area contributed by atoms with Crippen molar-refractivity contribution in [2.24, 2.45) is 0 Å². The quantitative estimate of drug-likeness (QED) is 0.816. The Morgan fingerprint density at radius 1 is 1.18 bits per heavy atom. The number of β-amino-alcohol motifs (C(OH)–C–C–N with tert-alkyl or cyclic N) is 1. The second-order valence-corrected chi connectivity index (χ2v) is 6.42. The third-order valence-corrected chi connectivity index (χ3v) is 4.12. The van der Waals surface area contributed by atoms with E-state index in [9.17, 15) is 5.11 Å². The molecule has 126 valence electrons. The molecule has 1 saturated heterocycles. The number of hydrogen-bond donors (Lipinski definition) is 1. The highest BCUT2D eigenvalue weighted by Crippen LogP contribution is 2.16. The predicted octanol–water partition coefficient (Wildman–Crippen LogP) is 1.19. The molecule has 0 aromatic carbocycles. The topological polar surface area (TPSA) is 62.0 Å². The van der Waals surface area contributed by atoms with Crippen molar-refractivity contribution in [1.29, 1.82) is 0 Å². The van der Waals surface area contributed by atoms with Gasteiger partial charge in [-0.3, -0.25) is 9.80 Å². The van der Waals surface area contributed by atoms with Crippen molar-refractivity contribution in [3.05, 3.63) is 17.0 Å². The van der Waals surface area contributed by atoms with Gasteiger partial charge in [-0.1, -0.05) is 5.16 Å². The number of aryl methyl sites for hydroxylation is 2. The normalized spacial score (nSPS) is 19.0. The van der Waals surface area contributed by atoms with Crippen molar-refractivity contribution in [3.63, 3.8) is 0 Å². The van der Waals surface area contributed by atoms with Crippen LogP contribution in [0.25, 0.3) is 0 Å². The SMILES string of the molecule is Cc1noc(C)c1CN1CCN(CC(O)COC(C)C)CC1. The van der Waals surface area contributed by atoms with Gasteiger partial charge < -0.3 is 14.4 Å². The molecule has 2 heterocycles. The minimum absolute atomic E-state index is 0.168. The van der Waals surface area contributed by atoms with Gasteiger partial charge in [0, 0.05) is 44.8 Å². The lowest BCUT2D eigenvalue weighted by atomic mass is 10.1. The smallest absolute Gasteiger partial charge is 0.138 e. The lowest BCUT2D eigenvalue weighted by Gasteiger charge is -2.35. The minimum atomic E-state index is -0.406. The van der Waals surface area contributed by atoms with Gasteiger partial charge in [-0.15, -0.1) is 0 Å². The molecule has 0 amide bonds. The van der Waals surface area contributed by atoms with Gasteiger partial charge in [-0.05, 0) is 27.7 Å². The van der Waals surface area contributed by atoms with Gasteiger partial charge >= 0.3 is 0 Å². The molecular weight excluding hydrogens is 282 g/mol. The van der Waals surface area contributed by atoms with Crippen LogP contribution >= 0.6 is 0 Å². The highest BCUT2D eigenvalue weighted by atomic mass is 16.5. The van der Waals surface area contributed by atoms with E-state index < -0.39 is 6.10 Å². The molecule has 6 heteroatoms. The minimum Gasteiger partial charge on any atom is -0.389 e. The monoisotopic (exact) mass is 311 g/mol. The number of ether oxygens (including phenoxy) is 1. The summed E-state index contributed by atoms with van der Waals surface area (Å²) >= 11 is 0. The molecule has 0 aliphatic carbocycles. The summed E-state index contributed by atoms with van der Waals surface area (Å²) in [6.45, 7) is 13.9. The molecule has 1 N–H and O–H groups in total. The molecule has 1 aromatic heterocycles. The first-order chi connectivity index (χ1) is 10.5. The van der Waals surface area contributed by atoms with Crippen molar-refractivity contribution >= 4 is 0 Å². The van der Waals surface area contributed by atoms with Crippen molar-refractivity contribution in [1.82, 2.24) is 15.0 Å². The van der Waals surface area contributed by atoms with E-state index in [2.05, 4.69) is 15.0 Å². The average molecular weight is 311 g/mol. The fraction of sp³-hybridized carbons (Fsp3) is 0.812. The molecule has 0 radical (unpaired) electrons. The van der Waals surface area contributed by atoms with E-state index in [1.54, 1.807) is 0 Å². The van der Waals surface area contributed by atoms with Gasteiger partial charge in [0.15, 0.2) is 0 Å². The van der Waals surface area contributed by atoms with Gasteiger partial charge in [0.1, 0.15) is 5.76 Å². The summed E-state index contributed by atoms with van der Waals surface area (Å²) in [7, 11) is 0. The highest BCUT2D eigenvalue weighted by molar-refractivity contribution is 5.20. The van der Waals surface area contributed by atoms with Gasteiger partial charge in [-0.2, -0.15) is 0 Å². The van der Waals surface area contributed by atoms with Crippen molar-refractivity contribution in [2.45, 2.75) is 46.4 Å². The Kier molecular flexibility index (Phi) is 6.37. The number of piperazine rings is 1. The van der Waals surface area contributed by atoms with Crippen molar-refractivity contribution < 1.29 is 14.4 Å². The van der Waals surface area contributed by atoms with Crippen LogP contribution in [0.3, 0.4) is 0 Å². The van der Waals surface area contributed by atoms with E-state index in [1.807, 2.05) is 27.7 Å². The van der Waals surface area contributed by atoms with E-state index in [0.29, 0.717) is 13.2 Å². The maximum Gasteiger partial charge on any atom is 0.138 e. The zero-order valence-electron chi connectivity index (χ0n) is 14.2. The molecule has 1 aliphatic rings. The summed E-state index contributed by atoms with van der Waals surface area (Å²) in [5.41, 5.74) is 2.19. The van der Waals surface area contributed by atoms with Crippen LogP contribution in [-0.2, 0) is 11.3 Å². The van der Waals surface area contributed by atoms with Crippen LogP contribution in [0.15, 0.2) is 4.52 Å². The summed E-state index contributed by atoms with van der Waals surface area (Å²) in [6.07, 6.45) is -0.238. The Balaban J connectivity index is 1.71. The molecule has 0 saturated carbocycles. The Morgan fingerprint density at radius 3 is 2.36 bits per heavy atom. The lowest BCUT2D eigenvalue weighted by Crippen LogP contribution is -2.48. The van der Waals surface area contributed by atoms with Gasteiger partial charge in [-0.25, -0.2) is 0 Å². The number of aliphatic hydroxyl groups excluding tert-OH is 1. The first-order valence-corrected chi connectivity index (χ1v) is 8.11. The number of hydrogen-bond acceptors (Lipinski definition) is 6. The molecule has 6 nitrogen and oxygen atoms in total. The molecule has 1 fully saturated rings. The van der Waals surface area contributed by atoms with Gasteiger partial charge in [0.2, 0.25) is 0 Å². The zero-order valence-corrected chi connectivity index (χ0v) is 14.2. The number of rotatable bonds is 7. The Bertz CT molecular complexity index is 434. The Labute approximate surface area is 133 Å². The fourth-order valence-corrected chi connectivity index (χ4v) is 2.74. The van der Waals surface area contributed by atoms with Crippen LogP contribution in [0.2, 0.25) is 0 Å². The highest BCUT2D eigenvalue weighted by Gasteiger charge is 2.21. The van der Waals surface area contributed by atoms with E-state index in [-0.39, 0.29) is 6.10 Å². The van der Waals surface area contributed by atoms with Crippen LogP contribution < -0.4 is 0 Å². The fourth-order valence-electron chi connectivity index (χ4n) is 2.74. The molecule has 0 spiro atoms. The predicted molar refractivity (Wildman–Crippen MR) is 84.8 cm³/mol. The van der Waals surface area contributed by atoms with Gasteiger partial charge in [0.25, 0.3) is 0 Å². The summed E-state index contributed by atoms with van der Waals surface area (Å²) in [5, 5.41) is 14.0. The molecule has 1 unspecified atom stereocenters. The van der Waals surface area contributed by atoms with E-state index >= 15 is 0 Å². The molecule has 1 aliphatic heterocycles. The van der Waals surface area contributed by atoms with Crippen LogP contribution in [0.5, 0.6) is 0 Å². The number of aliphatic hydroxyl groups is 1. The standard InChI is InChI=1S/C16H29N3O3/c1-12(2)21-11-15(20)9-18-5-7-19(8-6-18)10-16-13(3)17-22-14(16)4/h12,15,20H,5-11H2,1-4H3. The maximum atomic E-state index is 10.00. The summed E-state index contributed by atoms with van der Waals surface area (Å²) in [5.74, 6) is 0.918. The number of aromatic nitrogens is 1. The maximum absolute atomic E-state index is 10.00. The summed E-state index contributed by atoms with van der Waals surface area (Å²) < 4.78 is 10.7. The molecule has 0 bridgehead atoms. The van der Waals surface area contributed by atoms with Crippen LogP contribution in [-0.4, -0.2) is 71.6 Å². The zero-order chi connectivity index (χ0) is 16.1. The average Bonchev–Trinajstić information content (AvgIpc) is 2.79. The molecule has 22 heavy (non-hydrogen) atoms. The van der Waals surface area contributed by atoms with E-state index in [1.165, 1.54) is 5.56 Å². The van der Waals surface area contributed by atoms with Gasteiger partial charge in [0.05, 0.1) is 24.5 Å². The Hall–Kier alpha value is -0.950. The Morgan fingerprint density at radius 2 is 1.82 bits per heavy atom. The molecule has 1 atom stereocenters. The van der Waals surface area contributed by atoms with Crippen LogP contribution in [0, 0.1) is 13.8 Å². The largest absolute Gasteiger partial charge is 0.389 e. The van der Waals surface area contributed by atoms with Crippen molar-refractivity contribution in [3.8, 4) is 0 Å². The lowest BCUT2D eigenvalue weighted by molar-refractivity contribution is -0.0148. The summed E-state index contributed by atoms with van der Waals surface area (Å²) in [4.78, 5) is 4.72. The molecular formula is C16H29N3O3. The third-order valence-electron chi connectivity index (χ3n) is 4.12.